The Labute approximate surface area is 137 Å². The molecule has 1 heterocycles. The smallest absolute Gasteiger partial charge is 0.281 e. The third-order valence-electron chi connectivity index (χ3n) is 5.15. The second-order valence-corrected chi connectivity index (χ2v) is 8.09. The first-order chi connectivity index (χ1) is 11.0. The van der Waals surface area contributed by atoms with E-state index in [1.165, 1.54) is 6.42 Å². The Morgan fingerprint density at radius 2 is 1.74 bits per heavy atom. The van der Waals surface area contributed by atoms with Crippen LogP contribution in [0.1, 0.15) is 49.3 Å². The van der Waals surface area contributed by atoms with E-state index in [0.29, 0.717) is 18.0 Å². The molecule has 1 saturated heterocycles. The molecule has 0 aromatic heterocycles. The van der Waals surface area contributed by atoms with Crippen LogP contribution >= 0.6 is 0 Å². The fourth-order valence-corrected chi connectivity index (χ4v) is 5.01. The summed E-state index contributed by atoms with van der Waals surface area (Å²) in [6.45, 7) is 0.582. The molecule has 126 valence electrons. The second kappa shape index (κ2) is 6.61. The lowest BCUT2D eigenvalue weighted by molar-refractivity contribution is -0.137. The number of likely N-dealkylation sites (tertiary alicyclic amines) is 1. The second-order valence-electron chi connectivity index (χ2n) is 6.59. The van der Waals surface area contributed by atoms with E-state index in [0.717, 1.165) is 32.1 Å². The fraction of sp³-hybridized carbons (Fsp3) is 0.588. The molecule has 1 aromatic rings. The Kier molecular flexibility index (Phi) is 4.73. The normalized spacial score (nSPS) is 26.4. The van der Waals surface area contributed by atoms with E-state index in [2.05, 4.69) is 0 Å². The number of carbonyl (C=O) groups is 1. The number of benzene rings is 1. The minimum atomic E-state index is -4.50. The minimum absolute atomic E-state index is 0.123. The van der Waals surface area contributed by atoms with Crippen molar-refractivity contribution >= 4 is 16.0 Å². The number of carbonyl (C=O) groups excluding carboxylic acids is 1. The van der Waals surface area contributed by atoms with E-state index in [9.17, 15) is 17.8 Å². The summed E-state index contributed by atoms with van der Waals surface area (Å²) in [5.41, 5.74) is 0.331. The highest BCUT2D eigenvalue weighted by Crippen LogP contribution is 2.37. The lowest BCUT2D eigenvalue weighted by atomic mass is 9.78. The van der Waals surface area contributed by atoms with Gasteiger partial charge in [0.25, 0.3) is 10.1 Å². The molecule has 23 heavy (non-hydrogen) atoms. The minimum Gasteiger partial charge on any atom is -0.338 e. The first-order valence-corrected chi connectivity index (χ1v) is 9.80. The van der Waals surface area contributed by atoms with Crippen molar-refractivity contribution in [1.82, 2.24) is 4.90 Å². The fourth-order valence-electron chi connectivity index (χ4n) is 4.12. The average Bonchev–Trinajstić information content (AvgIpc) is 2.54. The zero-order chi connectivity index (χ0) is 16.4. The topological polar surface area (TPSA) is 74.7 Å². The number of hydrogen-bond donors (Lipinski definition) is 1. The Morgan fingerprint density at radius 3 is 2.43 bits per heavy atom. The van der Waals surface area contributed by atoms with E-state index in [4.69, 9.17) is 0 Å². The van der Waals surface area contributed by atoms with Crippen LogP contribution in [-0.4, -0.2) is 36.4 Å². The monoisotopic (exact) mass is 337 g/mol. The average molecular weight is 337 g/mol. The van der Waals surface area contributed by atoms with Gasteiger partial charge >= 0.3 is 0 Å². The van der Waals surface area contributed by atoms with Gasteiger partial charge in [-0.25, -0.2) is 0 Å². The number of amides is 1. The summed E-state index contributed by atoms with van der Waals surface area (Å²) >= 11 is 0. The number of piperidine rings is 1. The molecule has 0 bridgehead atoms. The van der Waals surface area contributed by atoms with E-state index in [-0.39, 0.29) is 6.04 Å². The van der Waals surface area contributed by atoms with Gasteiger partial charge in [0.15, 0.2) is 5.25 Å². The number of nitrogens with zero attached hydrogens (tertiary/aromatic N) is 1. The Balaban J connectivity index is 1.92. The van der Waals surface area contributed by atoms with Crippen molar-refractivity contribution in [2.45, 2.75) is 49.8 Å². The van der Waals surface area contributed by atoms with Crippen LogP contribution in [0.2, 0.25) is 0 Å². The lowest BCUT2D eigenvalue weighted by Gasteiger charge is -2.45. The summed E-state index contributed by atoms with van der Waals surface area (Å²) in [6.07, 6.45) is 6.31. The molecule has 1 aliphatic carbocycles. The molecule has 1 amide bonds. The third kappa shape index (κ3) is 3.43. The number of hydrogen-bond acceptors (Lipinski definition) is 3. The molecule has 2 aliphatic rings. The van der Waals surface area contributed by atoms with Crippen LogP contribution in [0.15, 0.2) is 30.3 Å². The van der Waals surface area contributed by atoms with Crippen molar-refractivity contribution in [1.29, 1.82) is 0 Å². The molecule has 1 aromatic carbocycles. The van der Waals surface area contributed by atoms with E-state index in [1.807, 2.05) is 0 Å². The summed E-state index contributed by atoms with van der Waals surface area (Å²) < 4.78 is 33.4. The van der Waals surface area contributed by atoms with Crippen LogP contribution in [0.3, 0.4) is 0 Å². The summed E-state index contributed by atoms with van der Waals surface area (Å²) in [7, 11) is -4.50. The molecule has 1 saturated carbocycles. The Hall–Kier alpha value is -1.40. The maximum absolute atomic E-state index is 13.0. The molecule has 6 heteroatoms. The molecule has 2 fully saturated rings. The number of rotatable bonds is 3. The summed E-state index contributed by atoms with van der Waals surface area (Å²) in [4.78, 5) is 14.7. The summed E-state index contributed by atoms with van der Waals surface area (Å²) in [5, 5.41) is -1.51. The maximum Gasteiger partial charge on any atom is 0.281 e. The van der Waals surface area contributed by atoms with Gasteiger partial charge in [-0.3, -0.25) is 9.35 Å². The standard InChI is InChI=1S/C17H23NO4S/c19-17(16(23(20,21)22)14-8-2-1-3-9-14)18-12-6-10-13-7-4-5-11-15(13)18/h1-3,8-9,13,15-16H,4-7,10-12H2,(H,20,21,22). The predicted octanol–water partition coefficient (Wildman–Crippen LogP) is 2.80. The van der Waals surface area contributed by atoms with Crippen LogP contribution in [0.25, 0.3) is 0 Å². The van der Waals surface area contributed by atoms with Crippen molar-refractivity contribution in [3.8, 4) is 0 Å². The Morgan fingerprint density at radius 1 is 1.09 bits per heavy atom. The first kappa shape index (κ1) is 16.5. The predicted molar refractivity (Wildman–Crippen MR) is 87.4 cm³/mol. The van der Waals surface area contributed by atoms with Crippen molar-refractivity contribution in [2.75, 3.05) is 6.54 Å². The SMILES string of the molecule is O=C(C(c1ccccc1)S(=O)(=O)O)N1CCCC2CCCCC21. The molecule has 3 unspecified atom stereocenters. The van der Waals surface area contributed by atoms with Gasteiger partial charge in [-0.15, -0.1) is 0 Å². The van der Waals surface area contributed by atoms with Crippen molar-refractivity contribution < 1.29 is 17.8 Å². The van der Waals surface area contributed by atoms with Crippen LogP contribution in [0, 0.1) is 5.92 Å². The summed E-state index contributed by atoms with van der Waals surface area (Å²) in [5.74, 6) is -0.00503. The van der Waals surface area contributed by atoms with Gasteiger partial charge in [0.1, 0.15) is 0 Å². The van der Waals surface area contributed by atoms with Gasteiger partial charge in [0, 0.05) is 12.6 Å². The van der Waals surface area contributed by atoms with Crippen LogP contribution in [0.5, 0.6) is 0 Å². The molecular formula is C17H23NO4S. The molecule has 0 spiro atoms. The van der Waals surface area contributed by atoms with Gasteiger partial charge in [0.05, 0.1) is 0 Å². The van der Waals surface area contributed by atoms with E-state index < -0.39 is 21.3 Å². The van der Waals surface area contributed by atoms with Gasteiger partial charge in [-0.1, -0.05) is 43.2 Å². The van der Waals surface area contributed by atoms with Gasteiger partial charge < -0.3 is 4.90 Å². The lowest BCUT2D eigenvalue weighted by Crippen LogP contribution is -2.52. The van der Waals surface area contributed by atoms with Crippen molar-refractivity contribution in [3.05, 3.63) is 35.9 Å². The van der Waals surface area contributed by atoms with E-state index >= 15 is 0 Å². The van der Waals surface area contributed by atoms with Gasteiger partial charge in [-0.05, 0) is 37.2 Å². The largest absolute Gasteiger partial charge is 0.338 e. The quantitative estimate of drug-likeness (QED) is 0.861. The molecular weight excluding hydrogens is 314 g/mol. The molecule has 3 atom stereocenters. The van der Waals surface area contributed by atoms with Crippen LogP contribution < -0.4 is 0 Å². The zero-order valence-electron chi connectivity index (χ0n) is 13.1. The van der Waals surface area contributed by atoms with Crippen molar-refractivity contribution in [3.63, 3.8) is 0 Å². The molecule has 3 rings (SSSR count). The zero-order valence-corrected chi connectivity index (χ0v) is 13.9. The molecule has 5 nitrogen and oxygen atoms in total. The maximum atomic E-state index is 13.0. The first-order valence-electron chi connectivity index (χ1n) is 8.30. The van der Waals surface area contributed by atoms with Crippen LogP contribution in [0.4, 0.5) is 0 Å². The number of fused-ring (bicyclic) bond motifs is 1. The molecule has 0 radical (unpaired) electrons. The van der Waals surface area contributed by atoms with Gasteiger partial charge in [-0.2, -0.15) is 8.42 Å². The van der Waals surface area contributed by atoms with E-state index in [1.54, 1.807) is 35.2 Å². The Bertz CT molecular complexity index is 656. The third-order valence-corrected chi connectivity index (χ3v) is 6.22. The molecule has 1 N–H and O–H groups in total. The highest BCUT2D eigenvalue weighted by Gasteiger charge is 2.42. The molecule has 1 aliphatic heterocycles. The summed E-state index contributed by atoms with van der Waals surface area (Å²) in [6, 6.07) is 8.41. The van der Waals surface area contributed by atoms with Gasteiger partial charge in [0.2, 0.25) is 5.91 Å². The highest BCUT2D eigenvalue weighted by atomic mass is 32.2. The van der Waals surface area contributed by atoms with Crippen molar-refractivity contribution in [2.24, 2.45) is 5.92 Å². The highest BCUT2D eigenvalue weighted by molar-refractivity contribution is 7.86. The van der Waals surface area contributed by atoms with Crippen LogP contribution in [-0.2, 0) is 14.9 Å².